The van der Waals surface area contributed by atoms with Crippen LogP contribution in [0, 0.1) is 0 Å². The van der Waals surface area contributed by atoms with Crippen LogP contribution in [0.1, 0.15) is 16.1 Å². The van der Waals surface area contributed by atoms with Crippen LogP contribution < -0.4 is 14.9 Å². The molecule has 1 aromatic heterocycles. The number of ether oxygens (including phenoxy) is 2. The number of nitrogens with zero attached hydrogens (tertiary/aromatic N) is 1. The van der Waals surface area contributed by atoms with E-state index in [9.17, 15) is 4.79 Å². The number of para-hydroxylation sites is 1. The molecule has 0 unspecified atom stereocenters. The maximum Gasteiger partial charge on any atom is 0.307 e. The summed E-state index contributed by atoms with van der Waals surface area (Å²) in [4.78, 5) is 12.4. The molecule has 0 radical (unpaired) electrons. The number of methoxy groups -OCH3 is 2. The van der Waals surface area contributed by atoms with Gasteiger partial charge in [0.1, 0.15) is 17.1 Å². The van der Waals surface area contributed by atoms with E-state index in [0.717, 1.165) is 27.5 Å². The van der Waals surface area contributed by atoms with Gasteiger partial charge in [-0.1, -0.05) is 30.3 Å². The van der Waals surface area contributed by atoms with Gasteiger partial charge in [-0.2, -0.15) is 5.10 Å². The summed E-state index contributed by atoms with van der Waals surface area (Å²) in [5, 5.41) is 6.87. The number of fused-ring (bicyclic) bond motifs is 2. The Hall–Kier alpha value is -3.80. The molecule has 0 aliphatic rings. The highest BCUT2D eigenvalue weighted by molar-refractivity contribution is 6.03. The Morgan fingerprint density at radius 3 is 2.61 bits per heavy atom. The van der Waals surface area contributed by atoms with Crippen molar-refractivity contribution in [2.45, 2.75) is 0 Å². The molecule has 0 saturated heterocycles. The fourth-order valence-electron chi connectivity index (χ4n) is 3.04. The van der Waals surface area contributed by atoms with E-state index in [2.05, 4.69) is 10.5 Å². The van der Waals surface area contributed by atoms with Crippen molar-refractivity contribution in [1.82, 2.24) is 5.43 Å². The average molecular weight is 374 g/mol. The van der Waals surface area contributed by atoms with Crippen LogP contribution >= 0.6 is 0 Å². The largest absolute Gasteiger partial charge is 0.497 e. The van der Waals surface area contributed by atoms with Gasteiger partial charge in [0.2, 0.25) is 0 Å². The molecular weight excluding hydrogens is 356 g/mol. The average Bonchev–Trinajstić information content (AvgIpc) is 3.17. The maximum atomic E-state index is 12.4. The number of hydrogen-bond acceptors (Lipinski definition) is 5. The first kappa shape index (κ1) is 17.6. The summed E-state index contributed by atoms with van der Waals surface area (Å²) >= 11 is 0. The molecule has 140 valence electrons. The van der Waals surface area contributed by atoms with Crippen LogP contribution in [0.25, 0.3) is 21.7 Å². The molecule has 1 N–H and O–H groups in total. The summed E-state index contributed by atoms with van der Waals surface area (Å²) in [7, 11) is 3.20. The van der Waals surface area contributed by atoms with E-state index in [0.29, 0.717) is 11.3 Å². The van der Waals surface area contributed by atoms with Gasteiger partial charge in [-0.25, -0.2) is 5.43 Å². The van der Waals surface area contributed by atoms with Gasteiger partial charge in [0.25, 0.3) is 0 Å². The fourth-order valence-corrected chi connectivity index (χ4v) is 3.04. The molecule has 0 saturated carbocycles. The van der Waals surface area contributed by atoms with Gasteiger partial charge in [0.05, 0.1) is 20.4 Å². The Morgan fingerprint density at radius 1 is 1.00 bits per heavy atom. The summed E-state index contributed by atoms with van der Waals surface area (Å²) in [6.07, 6.45) is 1.56. The number of furan rings is 1. The monoisotopic (exact) mass is 374 g/mol. The van der Waals surface area contributed by atoms with Gasteiger partial charge in [-0.3, -0.25) is 4.79 Å². The van der Waals surface area contributed by atoms with E-state index in [1.54, 1.807) is 26.5 Å². The van der Waals surface area contributed by atoms with Crippen molar-refractivity contribution in [2.24, 2.45) is 5.10 Å². The third-order valence-corrected chi connectivity index (χ3v) is 4.46. The molecule has 1 heterocycles. The molecule has 28 heavy (non-hydrogen) atoms. The van der Waals surface area contributed by atoms with Gasteiger partial charge < -0.3 is 13.9 Å². The first-order valence-electron chi connectivity index (χ1n) is 8.66. The summed E-state index contributed by atoms with van der Waals surface area (Å²) in [6.45, 7) is 0. The Labute approximate surface area is 161 Å². The van der Waals surface area contributed by atoms with Crippen LogP contribution in [-0.2, 0) is 0 Å². The van der Waals surface area contributed by atoms with E-state index in [-0.39, 0.29) is 5.76 Å². The Morgan fingerprint density at radius 2 is 1.82 bits per heavy atom. The van der Waals surface area contributed by atoms with Gasteiger partial charge in [-0.05, 0) is 41.1 Å². The first-order valence-corrected chi connectivity index (χ1v) is 8.66. The highest BCUT2D eigenvalue weighted by Gasteiger charge is 2.12. The highest BCUT2D eigenvalue weighted by Crippen LogP contribution is 2.29. The van der Waals surface area contributed by atoms with Crippen molar-refractivity contribution in [3.8, 4) is 11.5 Å². The lowest BCUT2D eigenvalue weighted by Crippen LogP contribution is -2.16. The standard InChI is InChI=1S/C22H18N2O4/c1-26-16-9-7-14-8-10-20(27-2)18(17(14)12-16)13-23-24-22(25)21-11-15-5-3-4-6-19(15)28-21/h3-13H,1-2H3,(H,24,25)/b23-13-. The zero-order chi connectivity index (χ0) is 19.5. The molecule has 6 heteroatoms. The SMILES string of the molecule is COc1ccc2ccc(OC)c(/C=N\NC(=O)c3cc4ccccc4o3)c2c1. The summed E-state index contributed by atoms with van der Waals surface area (Å²) in [6, 6.07) is 18.7. The zero-order valence-corrected chi connectivity index (χ0v) is 15.4. The van der Waals surface area contributed by atoms with Gasteiger partial charge in [-0.15, -0.1) is 0 Å². The lowest BCUT2D eigenvalue weighted by atomic mass is 10.0. The third kappa shape index (κ3) is 3.27. The minimum Gasteiger partial charge on any atom is -0.497 e. The number of rotatable bonds is 5. The second kappa shape index (κ2) is 7.44. The molecule has 0 atom stereocenters. The molecule has 6 nitrogen and oxygen atoms in total. The second-order valence-electron chi connectivity index (χ2n) is 6.12. The molecule has 0 aliphatic carbocycles. The van der Waals surface area contributed by atoms with Crippen LogP contribution in [0.2, 0.25) is 0 Å². The molecule has 0 fully saturated rings. The summed E-state index contributed by atoms with van der Waals surface area (Å²) in [5.74, 6) is 1.14. The molecular formula is C22H18N2O4. The molecule has 3 aromatic carbocycles. The lowest BCUT2D eigenvalue weighted by molar-refractivity contribution is 0.0929. The van der Waals surface area contributed by atoms with Crippen molar-refractivity contribution in [1.29, 1.82) is 0 Å². The number of hydrazone groups is 1. The first-order chi connectivity index (χ1) is 13.7. The molecule has 0 spiro atoms. The Balaban J connectivity index is 1.63. The predicted octanol–water partition coefficient (Wildman–Crippen LogP) is 4.37. The van der Waals surface area contributed by atoms with Crippen molar-refractivity contribution in [3.05, 3.63) is 72.0 Å². The Bertz CT molecular complexity index is 1160. The number of hydrogen-bond donors (Lipinski definition) is 1. The van der Waals surface area contributed by atoms with Crippen LogP contribution in [0.3, 0.4) is 0 Å². The summed E-state index contributed by atoms with van der Waals surface area (Å²) in [5.41, 5.74) is 3.89. The van der Waals surface area contributed by atoms with Gasteiger partial charge >= 0.3 is 5.91 Å². The van der Waals surface area contributed by atoms with Crippen LogP contribution in [0.15, 0.2) is 70.2 Å². The quantitative estimate of drug-likeness (QED) is 0.416. The molecule has 4 rings (SSSR count). The fraction of sp³-hybridized carbons (Fsp3) is 0.0909. The van der Waals surface area contributed by atoms with Gasteiger partial charge in [0, 0.05) is 10.9 Å². The smallest absolute Gasteiger partial charge is 0.307 e. The molecule has 0 aliphatic heterocycles. The second-order valence-corrected chi connectivity index (χ2v) is 6.12. The minimum absolute atomic E-state index is 0.199. The van der Waals surface area contributed by atoms with E-state index >= 15 is 0 Å². The van der Waals surface area contributed by atoms with Crippen molar-refractivity contribution in [3.63, 3.8) is 0 Å². The highest BCUT2D eigenvalue weighted by atomic mass is 16.5. The third-order valence-electron chi connectivity index (χ3n) is 4.46. The van der Waals surface area contributed by atoms with Crippen LogP contribution in [-0.4, -0.2) is 26.3 Å². The minimum atomic E-state index is -0.427. The zero-order valence-electron chi connectivity index (χ0n) is 15.4. The maximum absolute atomic E-state index is 12.4. The number of nitrogens with one attached hydrogen (secondary N) is 1. The number of carbonyl (C=O) groups excluding carboxylic acids is 1. The van der Waals surface area contributed by atoms with Crippen molar-refractivity contribution >= 4 is 33.9 Å². The van der Waals surface area contributed by atoms with E-state index in [1.165, 1.54) is 0 Å². The van der Waals surface area contributed by atoms with Crippen molar-refractivity contribution < 1.29 is 18.7 Å². The lowest BCUT2D eigenvalue weighted by Gasteiger charge is -2.10. The van der Waals surface area contributed by atoms with E-state index in [1.807, 2.05) is 54.6 Å². The van der Waals surface area contributed by atoms with E-state index < -0.39 is 5.91 Å². The normalized spacial score (nSPS) is 11.2. The molecule has 1 amide bonds. The molecule has 0 bridgehead atoms. The van der Waals surface area contributed by atoms with Crippen LogP contribution in [0.5, 0.6) is 11.5 Å². The van der Waals surface area contributed by atoms with Crippen molar-refractivity contribution in [2.75, 3.05) is 14.2 Å². The van der Waals surface area contributed by atoms with Gasteiger partial charge in [0.15, 0.2) is 5.76 Å². The number of amides is 1. The van der Waals surface area contributed by atoms with Crippen LogP contribution in [0.4, 0.5) is 0 Å². The topological polar surface area (TPSA) is 73.1 Å². The number of carbonyl (C=O) groups is 1. The molecule has 4 aromatic rings. The Kier molecular flexibility index (Phi) is 4.68. The number of benzene rings is 3. The summed E-state index contributed by atoms with van der Waals surface area (Å²) < 4.78 is 16.3. The van der Waals surface area contributed by atoms with E-state index in [4.69, 9.17) is 13.9 Å². The predicted molar refractivity (Wildman–Crippen MR) is 108 cm³/mol.